The Labute approximate surface area is 112 Å². The molecule has 1 N–H and O–H groups in total. The van der Waals surface area contributed by atoms with E-state index in [0.29, 0.717) is 19.5 Å². The van der Waals surface area contributed by atoms with E-state index in [9.17, 15) is 14.4 Å². The van der Waals surface area contributed by atoms with Gasteiger partial charge in [0.05, 0.1) is 6.20 Å². The quantitative estimate of drug-likeness (QED) is 0.746. The third-order valence-corrected chi connectivity index (χ3v) is 2.31. The molecule has 1 rings (SSSR count). The van der Waals surface area contributed by atoms with Gasteiger partial charge in [0.2, 0.25) is 18.2 Å². The molecule has 0 aliphatic carbocycles. The van der Waals surface area contributed by atoms with Crippen molar-refractivity contribution in [2.45, 2.75) is 33.2 Å². The van der Waals surface area contributed by atoms with Crippen LogP contribution in [0, 0.1) is 0 Å². The maximum atomic E-state index is 11.7. The van der Waals surface area contributed by atoms with Crippen molar-refractivity contribution in [3.05, 3.63) is 12.1 Å². The Kier molecular flexibility index (Phi) is 4.52. The third kappa shape index (κ3) is 4.61. The molecule has 0 unspecified atom stereocenters. The summed E-state index contributed by atoms with van der Waals surface area (Å²) in [6, 6.07) is 0. The minimum atomic E-state index is -0.669. The van der Waals surface area contributed by atoms with Crippen LogP contribution in [0.4, 0.5) is 4.79 Å². The van der Waals surface area contributed by atoms with Crippen LogP contribution in [0.15, 0.2) is 12.1 Å². The van der Waals surface area contributed by atoms with E-state index in [1.54, 1.807) is 0 Å². The molecule has 1 heterocycles. The molecule has 3 amide bonds. The number of carbonyl (C=O) groups is 3. The Morgan fingerprint density at radius 1 is 1.37 bits per heavy atom. The van der Waals surface area contributed by atoms with Crippen LogP contribution in [0.1, 0.15) is 27.7 Å². The van der Waals surface area contributed by atoms with Gasteiger partial charge in [0.25, 0.3) is 0 Å². The van der Waals surface area contributed by atoms with Crippen LogP contribution in [0.25, 0.3) is 0 Å². The highest BCUT2D eigenvalue weighted by Crippen LogP contribution is 2.14. The number of hydrogen-bond acceptors (Lipinski definition) is 4. The number of carbonyl (C=O) groups excluding carboxylic acids is 3. The van der Waals surface area contributed by atoms with E-state index in [2.05, 4.69) is 5.32 Å². The first kappa shape index (κ1) is 15.0. The lowest BCUT2D eigenvalue weighted by molar-refractivity contribution is -0.131. The Morgan fingerprint density at radius 3 is 2.47 bits per heavy atom. The van der Waals surface area contributed by atoms with Crippen molar-refractivity contribution in [2.24, 2.45) is 0 Å². The van der Waals surface area contributed by atoms with E-state index in [4.69, 9.17) is 4.74 Å². The molecule has 0 bridgehead atoms. The van der Waals surface area contributed by atoms with Gasteiger partial charge in [-0.05, 0) is 20.8 Å². The molecule has 0 aromatic carbocycles. The first-order chi connectivity index (χ1) is 8.73. The molecule has 0 fully saturated rings. The fourth-order valence-electron chi connectivity index (χ4n) is 1.51. The molecule has 106 valence electrons. The van der Waals surface area contributed by atoms with Gasteiger partial charge in [-0.15, -0.1) is 0 Å². The van der Waals surface area contributed by atoms with Gasteiger partial charge < -0.3 is 15.0 Å². The van der Waals surface area contributed by atoms with Crippen molar-refractivity contribution >= 4 is 18.4 Å². The Morgan fingerprint density at radius 2 is 2.00 bits per heavy atom. The highest BCUT2D eigenvalue weighted by atomic mass is 16.6. The molecule has 7 heteroatoms. The number of hydrogen-bond donors (Lipinski definition) is 1. The van der Waals surface area contributed by atoms with Gasteiger partial charge in [0, 0.05) is 25.6 Å². The number of rotatable bonds is 2. The summed E-state index contributed by atoms with van der Waals surface area (Å²) in [4.78, 5) is 36.5. The summed E-state index contributed by atoms with van der Waals surface area (Å²) in [7, 11) is 0. The fourth-order valence-corrected chi connectivity index (χ4v) is 1.51. The normalized spacial score (nSPS) is 15.7. The average molecular weight is 269 g/mol. The summed E-state index contributed by atoms with van der Waals surface area (Å²) in [6.45, 7) is 7.47. The number of amides is 3. The van der Waals surface area contributed by atoms with Crippen LogP contribution in [0.2, 0.25) is 0 Å². The lowest BCUT2D eigenvalue weighted by Crippen LogP contribution is -2.45. The van der Waals surface area contributed by atoms with Gasteiger partial charge in [-0.25, -0.2) is 4.79 Å². The zero-order valence-corrected chi connectivity index (χ0v) is 11.6. The van der Waals surface area contributed by atoms with Gasteiger partial charge in [0.15, 0.2) is 0 Å². The van der Waals surface area contributed by atoms with E-state index in [-0.39, 0.29) is 11.8 Å². The van der Waals surface area contributed by atoms with Gasteiger partial charge in [0.1, 0.15) is 0 Å². The maximum Gasteiger partial charge on any atom is 0.414 e. The smallest absolute Gasteiger partial charge is 0.391 e. The number of alkyl carbamates (subject to hydrolysis) is 1. The SMILES string of the molecule is CC(=O)N1CCN(C=O)C=C1OC(=O)NC(C)(C)C. The number of ether oxygens (including phenoxy) is 1. The second kappa shape index (κ2) is 5.73. The molecule has 7 nitrogen and oxygen atoms in total. The van der Waals surface area contributed by atoms with Crippen LogP contribution < -0.4 is 5.32 Å². The summed E-state index contributed by atoms with van der Waals surface area (Å²) >= 11 is 0. The maximum absolute atomic E-state index is 11.7. The third-order valence-electron chi connectivity index (χ3n) is 2.31. The van der Waals surface area contributed by atoms with Gasteiger partial charge in [-0.3, -0.25) is 14.5 Å². The monoisotopic (exact) mass is 269 g/mol. The van der Waals surface area contributed by atoms with Gasteiger partial charge in [-0.2, -0.15) is 0 Å². The predicted molar refractivity (Wildman–Crippen MR) is 67.6 cm³/mol. The topological polar surface area (TPSA) is 79.0 Å². The number of nitrogens with one attached hydrogen (secondary N) is 1. The van der Waals surface area contributed by atoms with E-state index in [0.717, 1.165) is 0 Å². The average Bonchev–Trinajstić information content (AvgIpc) is 2.25. The minimum absolute atomic E-state index is 0.0487. The van der Waals surface area contributed by atoms with Crippen molar-refractivity contribution in [1.82, 2.24) is 15.1 Å². The van der Waals surface area contributed by atoms with Gasteiger partial charge in [-0.1, -0.05) is 0 Å². The molecule has 0 aromatic rings. The summed E-state index contributed by atoms with van der Waals surface area (Å²) in [5.41, 5.74) is -0.447. The van der Waals surface area contributed by atoms with Crippen LogP contribution in [0.5, 0.6) is 0 Å². The van der Waals surface area contributed by atoms with Crippen molar-refractivity contribution < 1.29 is 19.1 Å². The summed E-state index contributed by atoms with van der Waals surface area (Å²) in [5.74, 6) is -0.201. The van der Waals surface area contributed by atoms with Crippen molar-refractivity contribution in [3.8, 4) is 0 Å². The highest BCUT2D eigenvalue weighted by Gasteiger charge is 2.25. The minimum Gasteiger partial charge on any atom is -0.391 e. The van der Waals surface area contributed by atoms with Crippen molar-refractivity contribution in [3.63, 3.8) is 0 Å². The molecule has 0 aromatic heterocycles. The second-order valence-electron chi connectivity index (χ2n) is 5.25. The van der Waals surface area contributed by atoms with E-state index in [1.807, 2.05) is 20.8 Å². The lowest BCUT2D eigenvalue weighted by Gasteiger charge is -2.31. The highest BCUT2D eigenvalue weighted by molar-refractivity contribution is 5.77. The molecule has 19 heavy (non-hydrogen) atoms. The first-order valence-corrected chi connectivity index (χ1v) is 5.94. The van der Waals surface area contributed by atoms with Crippen molar-refractivity contribution in [1.29, 1.82) is 0 Å². The van der Waals surface area contributed by atoms with Crippen LogP contribution in [-0.2, 0) is 14.3 Å². The molecule has 1 aliphatic heterocycles. The molecule has 0 atom stereocenters. The Balaban J connectivity index is 2.80. The molecular weight excluding hydrogens is 250 g/mol. The zero-order chi connectivity index (χ0) is 14.6. The zero-order valence-electron chi connectivity index (χ0n) is 11.6. The van der Waals surface area contributed by atoms with E-state index in [1.165, 1.54) is 22.9 Å². The lowest BCUT2D eigenvalue weighted by atomic mass is 10.1. The standard InChI is InChI=1S/C12H19N3O4/c1-9(17)15-6-5-14(8-16)7-10(15)19-11(18)13-12(2,3)4/h7-8H,5-6H2,1-4H3,(H,13,18). The fraction of sp³-hybridized carbons (Fsp3) is 0.583. The van der Waals surface area contributed by atoms with Crippen LogP contribution in [0.3, 0.4) is 0 Å². The van der Waals surface area contributed by atoms with Crippen molar-refractivity contribution in [2.75, 3.05) is 13.1 Å². The molecule has 0 saturated heterocycles. The molecular formula is C12H19N3O4. The molecule has 1 aliphatic rings. The molecule has 0 radical (unpaired) electrons. The van der Waals surface area contributed by atoms with Gasteiger partial charge >= 0.3 is 6.09 Å². The Hall–Kier alpha value is -2.05. The summed E-state index contributed by atoms with van der Waals surface area (Å²) in [6.07, 6.45) is 1.28. The number of nitrogens with zero attached hydrogens (tertiary/aromatic N) is 2. The largest absolute Gasteiger partial charge is 0.414 e. The van der Waals surface area contributed by atoms with Crippen LogP contribution in [-0.4, -0.2) is 46.8 Å². The predicted octanol–water partition coefficient (Wildman–Crippen LogP) is 0.631. The van der Waals surface area contributed by atoms with Crippen LogP contribution >= 0.6 is 0 Å². The molecule has 0 spiro atoms. The van der Waals surface area contributed by atoms with E-state index >= 15 is 0 Å². The molecule has 0 saturated carbocycles. The first-order valence-electron chi connectivity index (χ1n) is 5.94. The summed E-state index contributed by atoms with van der Waals surface area (Å²) < 4.78 is 5.09. The summed E-state index contributed by atoms with van der Waals surface area (Å²) in [5, 5.41) is 2.61. The Bertz CT molecular complexity index is 412. The van der Waals surface area contributed by atoms with E-state index < -0.39 is 11.6 Å². The second-order valence-corrected chi connectivity index (χ2v) is 5.25.